The van der Waals surface area contributed by atoms with Gasteiger partial charge in [0.2, 0.25) is 0 Å². The zero-order chi connectivity index (χ0) is 18.8. The Morgan fingerprint density at radius 2 is 1.85 bits per heavy atom. The van der Waals surface area contributed by atoms with Crippen LogP contribution in [0.15, 0.2) is 53.5 Å². The van der Waals surface area contributed by atoms with Crippen molar-refractivity contribution in [3.8, 4) is 5.75 Å². The molecule has 0 spiro atoms. The summed E-state index contributed by atoms with van der Waals surface area (Å²) in [5.74, 6) is 1.22. The number of nitro groups is 1. The number of anilines is 1. The van der Waals surface area contributed by atoms with Crippen molar-refractivity contribution >= 4 is 17.3 Å². The number of guanidine groups is 1. The van der Waals surface area contributed by atoms with Crippen molar-refractivity contribution in [3.05, 3.63) is 64.2 Å². The molecule has 138 valence electrons. The second kappa shape index (κ2) is 9.87. The highest BCUT2D eigenvalue weighted by molar-refractivity contribution is 5.77. The molecule has 2 aromatic rings. The maximum absolute atomic E-state index is 10.6. The number of nitro benzene ring substituents is 1. The molecule has 2 aromatic carbocycles. The minimum absolute atomic E-state index is 0.0712. The molecule has 26 heavy (non-hydrogen) atoms. The second-order valence-electron chi connectivity index (χ2n) is 5.52. The van der Waals surface area contributed by atoms with Gasteiger partial charge in [-0.15, -0.1) is 0 Å². The Bertz CT molecular complexity index is 729. The van der Waals surface area contributed by atoms with E-state index in [1.165, 1.54) is 17.7 Å². The van der Waals surface area contributed by atoms with E-state index < -0.39 is 4.92 Å². The normalized spacial score (nSPS) is 11.0. The van der Waals surface area contributed by atoms with Crippen molar-refractivity contribution in [2.45, 2.75) is 6.42 Å². The number of rotatable bonds is 9. The third-order valence-corrected chi connectivity index (χ3v) is 3.68. The molecule has 0 bridgehead atoms. The monoisotopic (exact) mass is 357 g/mol. The fraction of sp³-hybridized carbons (Fsp3) is 0.278. The molecule has 2 rings (SSSR count). The maximum Gasteiger partial charge on any atom is 0.269 e. The van der Waals surface area contributed by atoms with Crippen LogP contribution in [0.3, 0.4) is 0 Å². The lowest BCUT2D eigenvalue weighted by Crippen LogP contribution is -2.35. The quantitative estimate of drug-likeness (QED) is 0.208. The molecule has 0 amide bonds. The molecule has 0 aliphatic rings. The van der Waals surface area contributed by atoms with E-state index in [2.05, 4.69) is 15.6 Å². The van der Waals surface area contributed by atoms with E-state index in [-0.39, 0.29) is 5.69 Å². The topological polar surface area (TPSA) is 115 Å². The first-order valence-electron chi connectivity index (χ1n) is 8.23. The standard InChI is InChI=1S/C18H23N5O3/c1-26-17-8-2-14(3-9-17)10-11-21-18(19)22-13-12-20-15-4-6-16(7-5-15)23(24)25/h2-9,20H,10-13H2,1H3,(H3,19,21,22). The number of methoxy groups -OCH3 is 1. The van der Waals surface area contributed by atoms with Gasteiger partial charge in [0.1, 0.15) is 5.75 Å². The van der Waals surface area contributed by atoms with Gasteiger partial charge in [-0.25, -0.2) is 0 Å². The smallest absolute Gasteiger partial charge is 0.269 e. The fourth-order valence-corrected chi connectivity index (χ4v) is 2.25. The summed E-state index contributed by atoms with van der Waals surface area (Å²) in [4.78, 5) is 14.5. The number of hydrogen-bond acceptors (Lipinski definition) is 5. The molecule has 0 aliphatic heterocycles. The van der Waals surface area contributed by atoms with Gasteiger partial charge < -0.3 is 21.1 Å². The highest BCUT2D eigenvalue weighted by atomic mass is 16.6. The summed E-state index contributed by atoms with van der Waals surface area (Å²) in [7, 11) is 1.64. The van der Waals surface area contributed by atoms with E-state index in [1.54, 1.807) is 19.2 Å². The zero-order valence-corrected chi connectivity index (χ0v) is 14.6. The molecule has 0 atom stereocenters. The molecule has 0 fully saturated rings. The van der Waals surface area contributed by atoms with Crippen LogP contribution in [0.5, 0.6) is 5.75 Å². The molecule has 0 radical (unpaired) electrons. The highest BCUT2D eigenvalue weighted by Crippen LogP contribution is 2.15. The highest BCUT2D eigenvalue weighted by Gasteiger charge is 2.03. The first kappa shape index (κ1) is 19.0. The lowest BCUT2D eigenvalue weighted by Gasteiger charge is -2.08. The fourth-order valence-electron chi connectivity index (χ4n) is 2.25. The Morgan fingerprint density at radius 1 is 1.15 bits per heavy atom. The van der Waals surface area contributed by atoms with E-state index in [0.717, 1.165) is 17.9 Å². The number of nitrogens with zero attached hydrogens (tertiary/aromatic N) is 2. The predicted molar refractivity (Wildman–Crippen MR) is 103 cm³/mol. The second-order valence-corrected chi connectivity index (χ2v) is 5.52. The van der Waals surface area contributed by atoms with Gasteiger partial charge >= 0.3 is 0 Å². The van der Waals surface area contributed by atoms with E-state index in [4.69, 9.17) is 10.5 Å². The summed E-state index contributed by atoms with van der Waals surface area (Å²) in [5.41, 5.74) is 7.88. The van der Waals surface area contributed by atoms with Crippen LogP contribution in [0.1, 0.15) is 5.56 Å². The summed E-state index contributed by atoms with van der Waals surface area (Å²) in [6.07, 6.45) is 0.799. The molecule has 0 saturated carbocycles. The van der Waals surface area contributed by atoms with Crippen molar-refractivity contribution in [2.75, 3.05) is 32.1 Å². The molecule has 4 N–H and O–H groups in total. The van der Waals surface area contributed by atoms with Crippen LogP contribution in [-0.4, -0.2) is 37.6 Å². The van der Waals surface area contributed by atoms with E-state index in [0.29, 0.717) is 25.6 Å². The summed E-state index contributed by atoms with van der Waals surface area (Å²) in [6, 6.07) is 14.1. The van der Waals surface area contributed by atoms with Gasteiger partial charge in [0.15, 0.2) is 5.96 Å². The molecule has 0 saturated heterocycles. The Labute approximate surface area is 152 Å². The predicted octanol–water partition coefficient (Wildman–Crippen LogP) is 2.16. The van der Waals surface area contributed by atoms with Crippen molar-refractivity contribution in [1.29, 1.82) is 0 Å². The molecular weight excluding hydrogens is 334 g/mol. The minimum Gasteiger partial charge on any atom is -0.497 e. The first-order chi connectivity index (χ1) is 12.6. The van der Waals surface area contributed by atoms with E-state index in [1.807, 2.05) is 24.3 Å². The van der Waals surface area contributed by atoms with Gasteiger partial charge in [0, 0.05) is 37.5 Å². The minimum atomic E-state index is -0.422. The van der Waals surface area contributed by atoms with Gasteiger partial charge in [-0.05, 0) is 36.2 Å². The zero-order valence-electron chi connectivity index (χ0n) is 14.6. The largest absolute Gasteiger partial charge is 0.497 e. The average Bonchev–Trinajstić information content (AvgIpc) is 2.66. The molecule has 8 heteroatoms. The van der Waals surface area contributed by atoms with Crippen LogP contribution in [-0.2, 0) is 6.42 Å². The number of non-ortho nitro benzene ring substituents is 1. The van der Waals surface area contributed by atoms with Gasteiger partial charge in [0.05, 0.1) is 12.0 Å². The lowest BCUT2D eigenvalue weighted by molar-refractivity contribution is -0.384. The Hall–Kier alpha value is -3.29. The van der Waals surface area contributed by atoms with Gasteiger partial charge in [-0.3, -0.25) is 15.1 Å². The number of nitrogens with one attached hydrogen (secondary N) is 2. The number of ether oxygens (including phenoxy) is 1. The van der Waals surface area contributed by atoms with Crippen molar-refractivity contribution < 1.29 is 9.66 Å². The molecule has 0 unspecified atom stereocenters. The number of nitrogens with two attached hydrogens (primary N) is 1. The number of hydrogen-bond donors (Lipinski definition) is 3. The summed E-state index contributed by atoms with van der Waals surface area (Å²) in [5, 5.41) is 16.8. The molecule has 0 aliphatic carbocycles. The third kappa shape index (κ3) is 6.31. The Kier molecular flexibility index (Phi) is 7.23. The van der Waals surface area contributed by atoms with Gasteiger partial charge in [0.25, 0.3) is 5.69 Å². The summed E-state index contributed by atoms with van der Waals surface area (Å²) < 4.78 is 5.12. The van der Waals surface area contributed by atoms with E-state index >= 15 is 0 Å². The Morgan fingerprint density at radius 3 is 2.46 bits per heavy atom. The van der Waals surface area contributed by atoms with Crippen LogP contribution in [0.2, 0.25) is 0 Å². The maximum atomic E-state index is 10.6. The van der Waals surface area contributed by atoms with Crippen LogP contribution < -0.4 is 21.1 Å². The third-order valence-electron chi connectivity index (χ3n) is 3.68. The molecular formula is C18H23N5O3. The number of benzene rings is 2. The van der Waals surface area contributed by atoms with Crippen molar-refractivity contribution in [3.63, 3.8) is 0 Å². The lowest BCUT2D eigenvalue weighted by atomic mass is 10.1. The summed E-state index contributed by atoms with van der Waals surface area (Å²) >= 11 is 0. The van der Waals surface area contributed by atoms with Crippen molar-refractivity contribution in [2.24, 2.45) is 10.7 Å². The first-order valence-corrected chi connectivity index (χ1v) is 8.23. The summed E-state index contributed by atoms with van der Waals surface area (Å²) in [6.45, 7) is 1.81. The number of aliphatic imine (C=N–C) groups is 1. The SMILES string of the molecule is COc1ccc(CCN=C(N)NCCNc2ccc([N+](=O)[O-])cc2)cc1. The van der Waals surface area contributed by atoms with Gasteiger partial charge in [-0.1, -0.05) is 12.1 Å². The van der Waals surface area contributed by atoms with Gasteiger partial charge in [-0.2, -0.15) is 0 Å². The van der Waals surface area contributed by atoms with Crippen LogP contribution >= 0.6 is 0 Å². The van der Waals surface area contributed by atoms with Crippen molar-refractivity contribution in [1.82, 2.24) is 5.32 Å². The molecule has 0 heterocycles. The molecule has 0 aromatic heterocycles. The van der Waals surface area contributed by atoms with E-state index in [9.17, 15) is 10.1 Å². The average molecular weight is 357 g/mol. The molecule has 8 nitrogen and oxygen atoms in total. The van der Waals surface area contributed by atoms with Crippen LogP contribution in [0.4, 0.5) is 11.4 Å². The Balaban J connectivity index is 1.65. The van der Waals surface area contributed by atoms with Crippen LogP contribution in [0.25, 0.3) is 0 Å². The van der Waals surface area contributed by atoms with Crippen LogP contribution in [0, 0.1) is 10.1 Å².